The number of nitrogens with zero attached hydrogens (tertiary/aromatic N) is 5. The van der Waals surface area contributed by atoms with Crippen LogP contribution in [0.2, 0.25) is 0 Å². The van der Waals surface area contributed by atoms with Gasteiger partial charge in [-0.3, -0.25) is 9.36 Å². The zero-order valence-electron chi connectivity index (χ0n) is 16.0. The number of nitrogens with one attached hydrogen (secondary N) is 2. The van der Waals surface area contributed by atoms with Gasteiger partial charge in [-0.25, -0.2) is 9.97 Å². The summed E-state index contributed by atoms with van der Waals surface area (Å²) in [7, 11) is 0. The van der Waals surface area contributed by atoms with Gasteiger partial charge in [0.05, 0.1) is 0 Å². The highest BCUT2D eigenvalue weighted by molar-refractivity contribution is 5.77. The summed E-state index contributed by atoms with van der Waals surface area (Å²) in [5, 5.41) is 16.6. The third-order valence-corrected chi connectivity index (χ3v) is 5.75. The molecule has 3 aromatic rings. The molecule has 8 nitrogen and oxygen atoms in total. The van der Waals surface area contributed by atoms with Crippen LogP contribution < -0.4 is 16.2 Å². The number of fused-ring (bicyclic) bond motifs is 2. The van der Waals surface area contributed by atoms with Gasteiger partial charge in [-0.15, -0.1) is 0 Å². The molecule has 3 aromatic heterocycles. The number of aromatic nitrogens is 4. The van der Waals surface area contributed by atoms with E-state index in [0.717, 1.165) is 50.9 Å². The minimum absolute atomic E-state index is 0.0791. The lowest BCUT2D eigenvalue weighted by Crippen LogP contribution is -2.27. The lowest BCUT2D eigenvalue weighted by molar-refractivity contribution is 0.515. The molecule has 4 heterocycles. The predicted molar refractivity (Wildman–Crippen MR) is 109 cm³/mol. The molecule has 1 aliphatic carbocycles. The first kappa shape index (κ1) is 17.8. The minimum atomic E-state index is -0.268. The van der Waals surface area contributed by atoms with Crippen molar-refractivity contribution >= 4 is 22.8 Å². The molecule has 0 bridgehead atoms. The van der Waals surface area contributed by atoms with Gasteiger partial charge in [-0.2, -0.15) is 10.2 Å². The maximum absolute atomic E-state index is 12.9. The Morgan fingerprint density at radius 2 is 2.10 bits per heavy atom. The van der Waals surface area contributed by atoms with Crippen LogP contribution in [0.3, 0.4) is 0 Å². The first-order chi connectivity index (χ1) is 14.2. The Morgan fingerprint density at radius 3 is 2.93 bits per heavy atom. The molecule has 0 radical (unpaired) electrons. The molecule has 29 heavy (non-hydrogen) atoms. The number of hydrogen-bond acceptors (Lipinski definition) is 7. The van der Waals surface area contributed by atoms with Crippen LogP contribution in [-0.2, 0) is 13.0 Å². The molecule has 2 aliphatic rings. The van der Waals surface area contributed by atoms with Gasteiger partial charge < -0.3 is 10.6 Å². The molecule has 5 rings (SSSR count). The molecule has 0 unspecified atom stereocenters. The zero-order valence-corrected chi connectivity index (χ0v) is 16.0. The normalized spacial score (nSPS) is 16.5. The third kappa shape index (κ3) is 3.23. The lowest BCUT2D eigenvalue weighted by Gasteiger charge is -2.18. The molecule has 8 heteroatoms. The van der Waals surface area contributed by atoms with Crippen LogP contribution in [0, 0.1) is 11.3 Å². The highest BCUT2D eigenvalue weighted by atomic mass is 16.1. The minimum Gasteiger partial charge on any atom is -0.312 e. The maximum atomic E-state index is 12.9. The van der Waals surface area contributed by atoms with E-state index in [1.807, 2.05) is 12.1 Å². The molecule has 0 atom stereocenters. The van der Waals surface area contributed by atoms with Crippen LogP contribution in [0.1, 0.15) is 48.5 Å². The number of hydrogen-bond donors (Lipinski definition) is 2. The van der Waals surface area contributed by atoms with Crippen LogP contribution in [-0.4, -0.2) is 26.1 Å². The summed E-state index contributed by atoms with van der Waals surface area (Å²) in [5.74, 6) is 1.09. The molecule has 1 saturated carbocycles. The summed E-state index contributed by atoms with van der Waals surface area (Å²) in [4.78, 5) is 26.6. The van der Waals surface area contributed by atoms with Crippen molar-refractivity contribution in [2.24, 2.45) is 0 Å². The van der Waals surface area contributed by atoms with E-state index in [1.54, 1.807) is 16.8 Å². The van der Waals surface area contributed by atoms with Crippen molar-refractivity contribution in [3.05, 3.63) is 51.6 Å². The summed E-state index contributed by atoms with van der Waals surface area (Å²) in [6.45, 7) is 1.76. The van der Waals surface area contributed by atoms with E-state index in [0.29, 0.717) is 22.8 Å². The molecular weight excluding hydrogens is 366 g/mol. The first-order valence-electron chi connectivity index (χ1n) is 10.0. The number of rotatable bonds is 3. The monoisotopic (exact) mass is 387 g/mol. The topological polar surface area (TPSA) is 109 Å². The van der Waals surface area contributed by atoms with Gasteiger partial charge in [-0.05, 0) is 30.5 Å². The Kier molecular flexibility index (Phi) is 4.45. The van der Waals surface area contributed by atoms with Crippen molar-refractivity contribution in [2.75, 3.05) is 11.9 Å². The molecule has 0 saturated heterocycles. The Balaban J connectivity index is 1.57. The van der Waals surface area contributed by atoms with Crippen molar-refractivity contribution in [3.63, 3.8) is 0 Å². The van der Waals surface area contributed by atoms with Gasteiger partial charge in [-0.1, -0.05) is 18.9 Å². The van der Waals surface area contributed by atoms with Gasteiger partial charge in [0.2, 0.25) is 5.95 Å². The summed E-state index contributed by atoms with van der Waals surface area (Å²) in [5.41, 5.74) is 2.73. The molecule has 146 valence electrons. The van der Waals surface area contributed by atoms with Gasteiger partial charge in [0, 0.05) is 42.8 Å². The Hall–Kier alpha value is -3.31. The van der Waals surface area contributed by atoms with Crippen LogP contribution in [0.4, 0.5) is 11.8 Å². The average molecular weight is 387 g/mol. The maximum Gasteiger partial charge on any atom is 0.270 e. The standard InChI is InChI=1S/C21H21N7O/c22-10-14-9-15-12-24-21(26-18-6-5-13-11-23-8-7-17(13)25-18)27-19(15)28(20(14)29)16-3-1-2-4-16/h5-6,9,12,16,23H,1-4,7-8,11H2,(H,24,25,26,27). The van der Waals surface area contributed by atoms with Gasteiger partial charge in [0.15, 0.2) is 0 Å². The SMILES string of the molecule is N#Cc1cc2cnc(Nc3ccc4c(n3)CCNC4)nc2n(C2CCCC2)c1=O. The third-order valence-electron chi connectivity index (χ3n) is 5.75. The van der Waals surface area contributed by atoms with Gasteiger partial charge >= 0.3 is 0 Å². The summed E-state index contributed by atoms with van der Waals surface area (Å²) < 4.78 is 1.69. The van der Waals surface area contributed by atoms with Crippen LogP contribution in [0.5, 0.6) is 0 Å². The molecule has 1 aliphatic heterocycles. The van der Waals surface area contributed by atoms with E-state index < -0.39 is 0 Å². The second-order valence-electron chi connectivity index (χ2n) is 7.61. The van der Waals surface area contributed by atoms with E-state index in [9.17, 15) is 10.1 Å². The molecule has 0 amide bonds. The van der Waals surface area contributed by atoms with Crippen molar-refractivity contribution in [1.82, 2.24) is 24.8 Å². The van der Waals surface area contributed by atoms with E-state index in [4.69, 9.17) is 4.98 Å². The average Bonchev–Trinajstić information content (AvgIpc) is 3.27. The molecular formula is C21H21N7O. The van der Waals surface area contributed by atoms with Crippen molar-refractivity contribution in [1.29, 1.82) is 5.26 Å². The van der Waals surface area contributed by atoms with Crippen LogP contribution in [0.15, 0.2) is 29.2 Å². The second-order valence-corrected chi connectivity index (χ2v) is 7.61. The number of nitriles is 1. The first-order valence-corrected chi connectivity index (χ1v) is 10.0. The summed E-state index contributed by atoms with van der Waals surface area (Å²) in [6.07, 6.45) is 6.58. The highest BCUT2D eigenvalue weighted by Crippen LogP contribution is 2.30. The fourth-order valence-electron chi connectivity index (χ4n) is 4.28. The quantitative estimate of drug-likeness (QED) is 0.711. The highest BCUT2D eigenvalue weighted by Gasteiger charge is 2.23. The molecule has 0 spiro atoms. The fraction of sp³-hybridized carbons (Fsp3) is 0.381. The van der Waals surface area contributed by atoms with Crippen molar-refractivity contribution < 1.29 is 0 Å². The Bertz CT molecular complexity index is 1190. The van der Waals surface area contributed by atoms with Crippen LogP contribution >= 0.6 is 0 Å². The molecule has 0 aromatic carbocycles. The van der Waals surface area contributed by atoms with Crippen molar-refractivity contribution in [3.8, 4) is 6.07 Å². The number of anilines is 2. The van der Waals surface area contributed by atoms with Gasteiger partial charge in [0.1, 0.15) is 23.1 Å². The van der Waals surface area contributed by atoms with E-state index in [2.05, 4.69) is 26.7 Å². The summed E-state index contributed by atoms with van der Waals surface area (Å²) in [6, 6.07) is 7.65. The Labute approximate surface area is 167 Å². The largest absolute Gasteiger partial charge is 0.312 e. The number of pyridine rings is 2. The molecule has 2 N–H and O–H groups in total. The van der Waals surface area contributed by atoms with Crippen molar-refractivity contribution in [2.45, 2.75) is 44.7 Å². The second kappa shape index (κ2) is 7.26. The van der Waals surface area contributed by atoms with E-state index >= 15 is 0 Å². The zero-order chi connectivity index (χ0) is 19.8. The van der Waals surface area contributed by atoms with E-state index in [-0.39, 0.29) is 17.2 Å². The fourth-order valence-corrected chi connectivity index (χ4v) is 4.28. The molecule has 1 fully saturated rings. The smallest absolute Gasteiger partial charge is 0.270 e. The van der Waals surface area contributed by atoms with E-state index in [1.165, 1.54) is 5.56 Å². The van der Waals surface area contributed by atoms with Crippen LogP contribution in [0.25, 0.3) is 11.0 Å². The Morgan fingerprint density at radius 1 is 1.24 bits per heavy atom. The summed E-state index contributed by atoms with van der Waals surface area (Å²) >= 11 is 0. The van der Waals surface area contributed by atoms with Gasteiger partial charge in [0.25, 0.3) is 5.56 Å². The predicted octanol–water partition coefficient (Wildman–Crippen LogP) is 2.56. The lowest BCUT2D eigenvalue weighted by atomic mass is 10.1.